The van der Waals surface area contributed by atoms with Gasteiger partial charge in [-0.2, -0.15) is 18.2 Å². The Kier molecular flexibility index (Phi) is 7.19. The maximum absolute atomic E-state index is 13.4. The first-order valence-electron chi connectivity index (χ1n) is 13.3. The average molecular weight is 580 g/mol. The number of thioether (sulfide) groups is 1. The molecular weight excluding hydrogens is 554 g/mol. The Morgan fingerprint density at radius 2 is 1.56 bits per heavy atom. The van der Waals surface area contributed by atoms with Crippen LogP contribution in [0.4, 0.5) is 17.6 Å². The summed E-state index contributed by atoms with van der Waals surface area (Å²) in [7, 11) is 0. The number of benzene rings is 3. The highest BCUT2D eigenvalue weighted by Gasteiger charge is 2.38. The Labute approximate surface area is 237 Å². The number of hydrogen-bond acceptors (Lipinski definition) is 4. The van der Waals surface area contributed by atoms with E-state index in [-0.39, 0.29) is 23.3 Å². The Hall–Kier alpha value is -3.92. The van der Waals surface area contributed by atoms with Gasteiger partial charge in [0.25, 0.3) is 5.56 Å². The van der Waals surface area contributed by atoms with E-state index in [2.05, 4.69) is 10.3 Å². The topological polar surface area (TPSA) is 64.0 Å². The van der Waals surface area contributed by atoms with Gasteiger partial charge in [-0.05, 0) is 65.8 Å². The first kappa shape index (κ1) is 27.3. The fraction of sp³-hybridized carbons (Fsp3) is 0.258. The number of carbonyl (C=O) groups excluding carboxylic acids is 1. The van der Waals surface area contributed by atoms with Crippen molar-refractivity contribution in [2.24, 2.45) is 0 Å². The zero-order valence-corrected chi connectivity index (χ0v) is 22.6. The van der Waals surface area contributed by atoms with Crippen molar-refractivity contribution < 1.29 is 22.4 Å². The van der Waals surface area contributed by atoms with Crippen molar-refractivity contribution in [2.75, 3.05) is 0 Å². The molecule has 2 atom stereocenters. The van der Waals surface area contributed by atoms with Gasteiger partial charge in [0.05, 0.1) is 11.6 Å². The second-order valence-corrected chi connectivity index (χ2v) is 11.2. The van der Waals surface area contributed by atoms with E-state index in [0.29, 0.717) is 41.3 Å². The molecule has 0 radical (unpaired) electrons. The lowest BCUT2D eigenvalue weighted by Gasteiger charge is -2.21. The molecular formula is C31H25F4N3O2S. The zero-order chi connectivity index (χ0) is 28.7. The van der Waals surface area contributed by atoms with Gasteiger partial charge in [0.2, 0.25) is 5.91 Å². The van der Waals surface area contributed by atoms with Crippen LogP contribution in [0.1, 0.15) is 52.9 Å². The second kappa shape index (κ2) is 10.8. The first-order chi connectivity index (χ1) is 19.7. The smallest absolute Gasteiger partial charge is 0.347 e. The molecule has 2 aliphatic rings. The predicted molar refractivity (Wildman–Crippen MR) is 148 cm³/mol. The van der Waals surface area contributed by atoms with E-state index in [1.807, 2.05) is 28.8 Å². The van der Waals surface area contributed by atoms with Crippen molar-refractivity contribution >= 4 is 17.7 Å². The van der Waals surface area contributed by atoms with Gasteiger partial charge in [-0.15, -0.1) is 0 Å². The molecule has 1 amide bonds. The number of alkyl halides is 3. The maximum Gasteiger partial charge on any atom is 0.416 e. The average Bonchev–Trinajstić information content (AvgIpc) is 3.60. The molecule has 1 aliphatic carbocycles. The fourth-order valence-corrected chi connectivity index (χ4v) is 6.57. The van der Waals surface area contributed by atoms with E-state index in [1.165, 1.54) is 36.0 Å². The van der Waals surface area contributed by atoms with Crippen LogP contribution in [0.3, 0.4) is 0 Å². The predicted octanol–water partition coefficient (Wildman–Crippen LogP) is 6.65. The summed E-state index contributed by atoms with van der Waals surface area (Å²) in [5.74, 6) is -0.0216. The van der Waals surface area contributed by atoms with Gasteiger partial charge < -0.3 is 9.88 Å². The molecule has 1 aliphatic heterocycles. The molecule has 0 saturated carbocycles. The second-order valence-electron chi connectivity index (χ2n) is 10.3. The number of amides is 1. The summed E-state index contributed by atoms with van der Waals surface area (Å²) in [6.45, 7) is 0. The van der Waals surface area contributed by atoms with Gasteiger partial charge in [-0.25, -0.2) is 4.39 Å². The summed E-state index contributed by atoms with van der Waals surface area (Å²) in [6, 6.07) is 17.7. The van der Waals surface area contributed by atoms with Crippen LogP contribution in [0, 0.1) is 5.82 Å². The molecule has 1 N–H and O–H groups in total. The molecule has 3 aromatic carbocycles. The summed E-state index contributed by atoms with van der Waals surface area (Å²) >= 11 is 1.35. The van der Waals surface area contributed by atoms with Crippen molar-refractivity contribution in [3.8, 4) is 11.1 Å². The molecule has 1 fully saturated rings. The minimum absolute atomic E-state index is 0.162. The number of aromatic nitrogens is 2. The molecule has 6 rings (SSSR count). The summed E-state index contributed by atoms with van der Waals surface area (Å²) < 4.78 is 54.0. The van der Waals surface area contributed by atoms with E-state index in [4.69, 9.17) is 0 Å². The molecule has 210 valence electrons. The van der Waals surface area contributed by atoms with Crippen LogP contribution in [0.2, 0.25) is 0 Å². The van der Waals surface area contributed by atoms with Crippen LogP contribution >= 0.6 is 11.8 Å². The van der Waals surface area contributed by atoms with Crippen molar-refractivity contribution in [3.63, 3.8) is 0 Å². The van der Waals surface area contributed by atoms with Gasteiger partial charge in [0.1, 0.15) is 11.9 Å². The van der Waals surface area contributed by atoms with Gasteiger partial charge >= 0.3 is 6.18 Å². The summed E-state index contributed by atoms with van der Waals surface area (Å²) in [5.41, 5.74) is 3.74. The lowest BCUT2D eigenvalue weighted by atomic mass is 9.98. The molecule has 10 heteroatoms. The molecule has 2 unspecified atom stereocenters. The highest BCUT2D eigenvalue weighted by molar-refractivity contribution is 7.98. The van der Waals surface area contributed by atoms with E-state index in [9.17, 15) is 27.2 Å². The number of halogens is 4. The van der Waals surface area contributed by atoms with Crippen molar-refractivity contribution in [3.05, 3.63) is 117 Å². The Bertz CT molecular complexity index is 1650. The molecule has 1 saturated heterocycles. The van der Waals surface area contributed by atoms with Crippen molar-refractivity contribution in [1.82, 2.24) is 14.9 Å². The lowest BCUT2D eigenvalue weighted by molar-refractivity contribution is -0.137. The van der Waals surface area contributed by atoms with Crippen LogP contribution in [-0.2, 0) is 29.6 Å². The van der Waals surface area contributed by atoms with E-state index in [0.717, 1.165) is 40.9 Å². The normalized spacial score (nSPS) is 18.4. The number of nitrogens with one attached hydrogen (secondary N) is 1. The van der Waals surface area contributed by atoms with Gasteiger partial charge in [-0.3, -0.25) is 9.59 Å². The Balaban J connectivity index is 1.24. The third kappa shape index (κ3) is 5.53. The van der Waals surface area contributed by atoms with Crippen LogP contribution in [-0.4, -0.2) is 15.5 Å². The Morgan fingerprint density at radius 1 is 0.902 bits per heavy atom. The van der Waals surface area contributed by atoms with E-state index in [1.54, 1.807) is 12.1 Å². The number of rotatable bonds is 6. The molecule has 1 aromatic heterocycles. The monoisotopic (exact) mass is 579 g/mol. The summed E-state index contributed by atoms with van der Waals surface area (Å²) in [5, 5.41) is 3.54. The third-order valence-electron chi connectivity index (χ3n) is 7.67. The maximum atomic E-state index is 13.4. The summed E-state index contributed by atoms with van der Waals surface area (Å²) in [4.78, 5) is 30.5. The van der Waals surface area contributed by atoms with Crippen LogP contribution in [0.25, 0.3) is 11.1 Å². The number of hydrogen-bond donors (Lipinski definition) is 1. The van der Waals surface area contributed by atoms with Gasteiger partial charge in [0.15, 0.2) is 5.16 Å². The molecule has 0 bridgehead atoms. The fourth-order valence-electron chi connectivity index (χ4n) is 5.56. The first-order valence-corrected chi connectivity index (χ1v) is 14.3. The SMILES string of the molecule is O=C1NC(c2ccc(-c3ccc(C(F)(F)F)cc3)cc2)CC1n1c(SCc2ccc(F)cc2)nc(=O)c2c1CCC2. The number of nitrogens with zero attached hydrogens (tertiary/aromatic N) is 2. The highest BCUT2D eigenvalue weighted by Crippen LogP contribution is 2.38. The summed E-state index contributed by atoms with van der Waals surface area (Å²) in [6.07, 6.45) is -1.79. The van der Waals surface area contributed by atoms with Gasteiger partial charge in [-0.1, -0.05) is 60.3 Å². The van der Waals surface area contributed by atoms with Crippen molar-refractivity contribution in [1.29, 1.82) is 0 Å². The zero-order valence-electron chi connectivity index (χ0n) is 21.7. The highest BCUT2D eigenvalue weighted by atomic mass is 32.2. The van der Waals surface area contributed by atoms with Crippen LogP contribution < -0.4 is 10.9 Å². The minimum atomic E-state index is -4.39. The lowest BCUT2D eigenvalue weighted by Crippen LogP contribution is -2.29. The van der Waals surface area contributed by atoms with E-state index < -0.39 is 17.8 Å². The van der Waals surface area contributed by atoms with Crippen molar-refractivity contribution in [2.45, 2.75) is 54.9 Å². The molecule has 0 spiro atoms. The molecule has 41 heavy (non-hydrogen) atoms. The van der Waals surface area contributed by atoms with Crippen LogP contribution in [0.15, 0.2) is 82.7 Å². The molecule has 4 aromatic rings. The standard InChI is InChI=1S/C31H25F4N3O2S/c32-23-14-4-18(5-15-23)17-41-30-37-28(39)24-2-1-3-26(24)38(30)27-16-25(36-29(27)40)21-8-6-19(7-9-21)20-10-12-22(13-11-20)31(33,34)35/h4-15,25,27H,1-3,16-17H2,(H,36,40). The number of fused-ring (bicyclic) bond motifs is 1. The number of carbonyl (C=O) groups is 1. The Morgan fingerprint density at radius 3 is 2.22 bits per heavy atom. The van der Waals surface area contributed by atoms with E-state index >= 15 is 0 Å². The third-order valence-corrected chi connectivity index (χ3v) is 8.69. The molecule has 2 heterocycles. The van der Waals surface area contributed by atoms with Crippen LogP contribution in [0.5, 0.6) is 0 Å². The minimum Gasteiger partial charge on any atom is -0.347 e. The largest absolute Gasteiger partial charge is 0.416 e. The quantitative estimate of drug-likeness (QED) is 0.158. The molecule has 5 nitrogen and oxygen atoms in total. The van der Waals surface area contributed by atoms with Gasteiger partial charge in [0, 0.05) is 23.4 Å².